The van der Waals surface area contributed by atoms with E-state index in [1.54, 1.807) is 26.4 Å². The van der Waals surface area contributed by atoms with E-state index in [4.69, 9.17) is 27.0 Å². The number of dihydropyridines is 1. The molecule has 1 spiro atoms. The number of allylic oxidation sites excluding steroid dienone is 5. The van der Waals surface area contributed by atoms with Gasteiger partial charge in [-0.1, -0.05) is 12.2 Å². The third-order valence-electron chi connectivity index (χ3n) is 5.12. The van der Waals surface area contributed by atoms with Crippen LogP contribution in [0.15, 0.2) is 58.9 Å². The molecule has 0 aromatic carbocycles. The van der Waals surface area contributed by atoms with E-state index in [1.807, 2.05) is 18.4 Å². The summed E-state index contributed by atoms with van der Waals surface area (Å²) in [6, 6.07) is 0. The van der Waals surface area contributed by atoms with Crippen LogP contribution in [-0.2, 0) is 24.7 Å². The number of carbonyl (C=O) groups is 1. The Morgan fingerprint density at radius 2 is 1.81 bits per heavy atom. The minimum atomic E-state index is -4.67. The smallest absolute Gasteiger partial charge is 0.394 e. The first kappa shape index (κ1) is 19.4. The zero-order chi connectivity index (χ0) is 19.8. The number of hydrogen-bond acceptors (Lipinski definition) is 6. The van der Waals surface area contributed by atoms with Gasteiger partial charge in [-0.05, 0) is 42.9 Å². The highest BCUT2D eigenvalue weighted by atomic mass is 32.3. The molecule has 0 bridgehead atoms. The molecule has 0 aromatic heterocycles. The minimum absolute atomic E-state index is 0.0346. The molecule has 1 aliphatic heterocycles. The van der Waals surface area contributed by atoms with Crippen molar-refractivity contribution in [2.24, 2.45) is 11.3 Å². The quantitative estimate of drug-likeness (QED) is 0.608. The number of rotatable bonds is 2. The minimum Gasteiger partial charge on any atom is -0.499 e. The molecule has 4 rings (SSSR count). The van der Waals surface area contributed by atoms with Crippen molar-refractivity contribution < 1.29 is 31.8 Å². The zero-order valence-corrected chi connectivity index (χ0v) is 15.7. The lowest BCUT2D eigenvalue weighted by Crippen LogP contribution is -2.34. The molecule has 146 valence electrons. The Hall–Kier alpha value is -2.36. The zero-order valence-electron chi connectivity index (χ0n) is 14.9. The van der Waals surface area contributed by atoms with Gasteiger partial charge in [0.15, 0.2) is 5.78 Å². The van der Waals surface area contributed by atoms with Crippen LogP contribution in [0.1, 0.15) is 19.3 Å². The molecule has 1 atom stereocenters. The summed E-state index contributed by atoms with van der Waals surface area (Å²) in [7, 11) is -1.28. The molecule has 0 fully saturated rings. The molecule has 1 heterocycles. The summed E-state index contributed by atoms with van der Waals surface area (Å²) < 4.78 is 43.0. The van der Waals surface area contributed by atoms with Crippen molar-refractivity contribution >= 4 is 16.2 Å². The van der Waals surface area contributed by atoms with Gasteiger partial charge in [-0.3, -0.25) is 13.9 Å². The number of hydrogen-bond donors (Lipinski definition) is 3. The molecule has 27 heavy (non-hydrogen) atoms. The molecular formula is C18H21NO7S. The maximum atomic E-state index is 11.6. The summed E-state index contributed by atoms with van der Waals surface area (Å²) in [5.74, 6) is 2.19. The Morgan fingerprint density at radius 3 is 2.37 bits per heavy atom. The summed E-state index contributed by atoms with van der Waals surface area (Å²) in [5, 5.41) is 3.37. The summed E-state index contributed by atoms with van der Waals surface area (Å²) in [6.45, 7) is 0. The lowest BCUT2D eigenvalue weighted by atomic mass is 9.66. The van der Waals surface area contributed by atoms with Crippen LogP contribution in [0.25, 0.3) is 0 Å². The van der Waals surface area contributed by atoms with E-state index in [1.165, 1.54) is 11.3 Å². The summed E-state index contributed by atoms with van der Waals surface area (Å²) in [6.07, 6.45) is 12.3. The van der Waals surface area contributed by atoms with Crippen molar-refractivity contribution in [1.82, 2.24) is 5.32 Å². The largest absolute Gasteiger partial charge is 0.499 e. The third-order valence-corrected chi connectivity index (χ3v) is 5.12. The van der Waals surface area contributed by atoms with Gasteiger partial charge in [0.05, 0.1) is 25.2 Å². The fourth-order valence-corrected chi connectivity index (χ4v) is 4.19. The summed E-state index contributed by atoms with van der Waals surface area (Å²) in [5.41, 5.74) is 3.35. The Bertz CT molecular complexity index is 897. The predicted octanol–water partition coefficient (Wildman–Crippen LogP) is 2.07. The van der Waals surface area contributed by atoms with Gasteiger partial charge >= 0.3 is 10.4 Å². The van der Waals surface area contributed by atoms with Gasteiger partial charge in [-0.2, -0.15) is 8.42 Å². The lowest BCUT2D eigenvalue weighted by molar-refractivity contribution is -0.110. The topological polar surface area (TPSA) is 122 Å². The van der Waals surface area contributed by atoms with Gasteiger partial charge < -0.3 is 14.8 Å². The van der Waals surface area contributed by atoms with Gasteiger partial charge in [-0.25, -0.2) is 0 Å². The Kier molecular flexibility index (Phi) is 5.02. The van der Waals surface area contributed by atoms with E-state index in [-0.39, 0.29) is 11.2 Å². The molecule has 8 nitrogen and oxygen atoms in total. The van der Waals surface area contributed by atoms with Crippen molar-refractivity contribution in [3.05, 3.63) is 58.9 Å². The number of ketones is 1. The van der Waals surface area contributed by atoms with Crippen LogP contribution in [0, 0.1) is 11.3 Å². The first-order chi connectivity index (χ1) is 12.7. The van der Waals surface area contributed by atoms with Crippen LogP contribution < -0.4 is 5.32 Å². The summed E-state index contributed by atoms with van der Waals surface area (Å²) in [4.78, 5) is 11.6. The van der Waals surface area contributed by atoms with Crippen LogP contribution >= 0.6 is 0 Å². The molecule has 0 amide bonds. The van der Waals surface area contributed by atoms with E-state index >= 15 is 0 Å². The van der Waals surface area contributed by atoms with E-state index < -0.39 is 10.4 Å². The number of ether oxygens (including phenoxy) is 2. The molecule has 1 unspecified atom stereocenters. The predicted molar refractivity (Wildman–Crippen MR) is 96.5 cm³/mol. The van der Waals surface area contributed by atoms with Crippen LogP contribution in [0.2, 0.25) is 0 Å². The van der Waals surface area contributed by atoms with Gasteiger partial charge in [0.1, 0.15) is 11.5 Å². The fraction of sp³-hybridized carbons (Fsp3) is 0.389. The molecule has 3 aliphatic carbocycles. The number of methoxy groups -OCH3 is 2. The van der Waals surface area contributed by atoms with Crippen molar-refractivity contribution in [2.75, 3.05) is 14.2 Å². The van der Waals surface area contributed by atoms with Gasteiger partial charge in [0, 0.05) is 11.9 Å². The van der Waals surface area contributed by atoms with E-state index in [9.17, 15) is 4.79 Å². The first-order valence-electron chi connectivity index (χ1n) is 8.34. The van der Waals surface area contributed by atoms with Crippen molar-refractivity contribution in [1.29, 1.82) is 0 Å². The van der Waals surface area contributed by atoms with Crippen LogP contribution in [-0.4, -0.2) is 37.5 Å². The molecule has 9 heteroatoms. The highest BCUT2D eigenvalue weighted by Gasteiger charge is 2.48. The van der Waals surface area contributed by atoms with Gasteiger partial charge in [0.25, 0.3) is 0 Å². The second-order valence-electron chi connectivity index (χ2n) is 6.65. The molecule has 0 saturated carbocycles. The van der Waals surface area contributed by atoms with Crippen LogP contribution in [0.3, 0.4) is 0 Å². The van der Waals surface area contributed by atoms with E-state index in [0.29, 0.717) is 5.92 Å². The van der Waals surface area contributed by atoms with Crippen molar-refractivity contribution in [2.45, 2.75) is 19.3 Å². The monoisotopic (exact) mass is 395 g/mol. The highest BCUT2D eigenvalue weighted by molar-refractivity contribution is 7.79. The second kappa shape index (κ2) is 6.99. The van der Waals surface area contributed by atoms with E-state index in [2.05, 4.69) is 5.32 Å². The first-order valence-corrected chi connectivity index (χ1v) is 9.74. The fourth-order valence-electron chi connectivity index (χ4n) is 4.19. The standard InChI is InChI=1S/C18H19NO3.H2O4S/c1-21-14-10-19-13-4-3-11-9-18(7-5-12(20)6-8-18)17(22-2)16(14)15(11)13;1-5(2,3)4/h5-8,10-11,19H,3-4,9H2,1-2H3;(H2,1,2,3,4). The maximum absolute atomic E-state index is 11.6. The second-order valence-corrected chi connectivity index (χ2v) is 7.55. The molecule has 0 saturated heterocycles. The van der Waals surface area contributed by atoms with Crippen molar-refractivity contribution in [3.63, 3.8) is 0 Å². The average molecular weight is 395 g/mol. The molecular weight excluding hydrogens is 374 g/mol. The molecule has 4 aliphatic rings. The molecule has 3 N–H and O–H groups in total. The third kappa shape index (κ3) is 3.71. The normalized spacial score (nSPS) is 24.8. The van der Waals surface area contributed by atoms with Gasteiger partial charge in [0.2, 0.25) is 0 Å². The number of nitrogens with one attached hydrogen (secondary N) is 1. The average Bonchev–Trinajstić information content (AvgIpc) is 3.00. The lowest BCUT2D eigenvalue weighted by Gasteiger charge is -2.41. The molecule has 0 aromatic rings. The van der Waals surface area contributed by atoms with E-state index in [0.717, 1.165) is 36.4 Å². The Balaban J connectivity index is 0.000000376. The SMILES string of the molecule is COC1=CNC2=C3C1=C(OC)C1(C=CC(=O)C=C1)CC3CC2.O=S(=O)(O)O. The van der Waals surface area contributed by atoms with Gasteiger partial charge in [-0.15, -0.1) is 0 Å². The molecule has 0 radical (unpaired) electrons. The van der Waals surface area contributed by atoms with Crippen molar-refractivity contribution in [3.8, 4) is 0 Å². The van der Waals surface area contributed by atoms with Crippen LogP contribution in [0.5, 0.6) is 0 Å². The summed E-state index contributed by atoms with van der Waals surface area (Å²) >= 11 is 0. The highest BCUT2D eigenvalue weighted by Crippen LogP contribution is 2.56. The Labute approximate surface area is 157 Å². The Morgan fingerprint density at radius 1 is 1.19 bits per heavy atom. The van der Waals surface area contributed by atoms with Crippen LogP contribution in [0.4, 0.5) is 0 Å². The maximum Gasteiger partial charge on any atom is 0.394 e. The number of carbonyl (C=O) groups excluding carboxylic acids is 1.